The van der Waals surface area contributed by atoms with Gasteiger partial charge in [-0.2, -0.15) is 0 Å². The summed E-state index contributed by atoms with van der Waals surface area (Å²) in [7, 11) is 0. The molecule has 28 heavy (non-hydrogen) atoms. The largest absolute Gasteiger partial charge is 0.356 e. The summed E-state index contributed by atoms with van der Waals surface area (Å²) in [5.41, 5.74) is 1.96. The third-order valence-corrected chi connectivity index (χ3v) is 6.07. The molecule has 0 aliphatic carbocycles. The van der Waals surface area contributed by atoms with Gasteiger partial charge in [-0.15, -0.1) is 0 Å². The van der Waals surface area contributed by atoms with Gasteiger partial charge < -0.3 is 9.80 Å². The third-order valence-electron chi connectivity index (χ3n) is 6.07. The minimum atomic E-state index is 0.0597. The summed E-state index contributed by atoms with van der Waals surface area (Å²) in [5, 5.41) is 0. The summed E-state index contributed by atoms with van der Waals surface area (Å²) < 4.78 is 0. The lowest BCUT2D eigenvalue weighted by Gasteiger charge is -2.33. The van der Waals surface area contributed by atoms with E-state index in [1.807, 2.05) is 11.0 Å². The van der Waals surface area contributed by atoms with Gasteiger partial charge >= 0.3 is 0 Å². The molecule has 5 heteroatoms. The second-order valence-corrected chi connectivity index (χ2v) is 8.09. The molecule has 1 aromatic heterocycles. The molecule has 1 aromatic carbocycles. The van der Waals surface area contributed by atoms with Crippen molar-refractivity contribution >= 4 is 11.7 Å². The van der Waals surface area contributed by atoms with Gasteiger partial charge in [-0.25, -0.2) is 9.97 Å². The van der Waals surface area contributed by atoms with Gasteiger partial charge in [0.05, 0.1) is 0 Å². The zero-order chi connectivity index (χ0) is 19.2. The molecule has 0 spiro atoms. The Balaban J connectivity index is 1.36. The van der Waals surface area contributed by atoms with Crippen molar-refractivity contribution in [1.29, 1.82) is 0 Å². The molecule has 0 N–H and O–H groups in total. The fourth-order valence-corrected chi connectivity index (χ4v) is 4.39. The monoisotopic (exact) mass is 378 g/mol. The highest BCUT2D eigenvalue weighted by Gasteiger charge is 2.23. The lowest BCUT2D eigenvalue weighted by Crippen LogP contribution is -2.36. The first kappa shape index (κ1) is 18.9. The van der Waals surface area contributed by atoms with E-state index in [9.17, 15) is 4.79 Å². The van der Waals surface area contributed by atoms with Crippen molar-refractivity contribution in [3.05, 3.63) is 54.0 Å². The molecule has 0 atom stereocenters. The molecule has 2 fully saturated rings. The molecule has 0 saturated carbocycles. The van der Waals surface area contributed by atoms with Crippen LogP contribution in [0.5, 0.6) is 0 Å². The van der Waals surface area contributed by atoms with Gasteiger partial charge in [-0.3, -0.25) is 4.79 Å². The Morgan fingerprint density at radius 1 is 0.929 bits per heavy atom. The average Bonchev–Trinajstić information content (AvgIpc) is 3.04. The number of rotatable bonds is 4. The molecule has 2 aliphatic rings. The summed E-state index contributed by atoms with van der Waals surface area (Å²) in [5.74, 6) is 1.68. The summed E-state index contributed by atoms with van der Waals surface area (Å²) >= 11 is 0. The fraction of sp³-hybridized carbons (Fsp3) is 0.522. The predicted molar refractivity (Wildman–Crippen MR) is 111 cm³/mol. The van der Waals surface area contributed by atoms with Crippen molar-refractivity contribution < 1.29 is 4.79 Å². The minimum Gasteiger partial charge on any atom is -0.356 e. The fourth-order valence-electron chi connectivity index (χ4n) is 4.39. The number of benzene rings is 1. The zero-order valence-corrected chi connectivity index (χ0v) is 16.6. The van der Waals surface area contributed by atoms with Crippen LogP contribution in [-0.2, 0) is 6.42 Å². The van der Waals surface area contributed by atoms with Crippen LogP contribution in [0.15, 0.2) is 42.7 Å². The van der Waals surface area contributed by atoms with Gasteiger partial charge in [0, 0.05) is 32.2 Å². The SMILES string of the molecule is O=C(c1cc(N2CCC(Cc3ccccc3)CC2)ncn1)N1CCCCCC1. The van der Waals surface area contributed by atoms with Crippen LogP contribution in [0.3, 0.4) is 0 Å². The Hall–Kier alpha value is -2.43. The number of anilines is 1. The van der Waals surface area contributed by atoms with Crippen molar-refractivity contribution in [2.45, 2.75) is 44.9 Å². The molecule has 3 heterocycles. The molecule has 5 nitrogen and oxygen atoms in total. The molecule has 2 aromatic rings. The van der Waals surface area contributed by atoms with E-state index in [0.717, 1.165) is 70.0 Å². The maximum absolute atomic E-state index is 12.9. The van der Waals surface area contributed by atoms with Gasteiger partial charge in [0.1, 0.15) is 17.8 Å². The van der Waals surface area contributed by atoms with Crippen molar-refractivity contribution in [2.24, 2.45) is 5.92 Å². The standard InChI is InChI=1S/C23H30N4O/c28-23(27-12-6-1-2-7-13-27)21-17-22(25-18-24-21)26-14-10-20(11-15-26)16-19-8-4-3-5-9-19/h3-5,8-9,17-18,20H,1-2,6-7,10-16H2. The molecular weight excluding hydrogens is 348 g/mol. The molecule has 0 unspecified atom stereocenters. The molecule has 2 aliphatic heterocycles. The highest BCUT2D eigenvalue weighted by atomic mass is 16.2. The summed E-state index contributed by atoms with van der Waals surface area (Å²) in [6, 6.07) is 12.6. The van der Waals surface area contributed by atoms with E-state index in [2.05, 4.69) is 45.2 Å². The van der Waals surface area contributed by atoms with Crippen LogP contribution in [0.1, 0.15) is 54.6 Å². The number of hydrogen-bond donors (Lipinski definition) is 0. The normalized spacial score (nSPS) is 18.7. The molecule has 0 radical (unpaired) electrons. The molecule has 2 saturated heterocycles. The number of carbonyl (C=O) groups excluding carboxylic acids is 1. The number of aromatic nitrogens is 2. The van der Waals surface area contributed by atoms with E-state index in [-0.39, 0.29) is 5.91 Å². The van der Waals surface area contributed by atoms with E-state index in [1.165, 1.54) is 18.4 Å². The van der Waals surface area contributed by atoms with Crippen molar-refractivity contribution in [2.75, 3.05) is 31.1 Å². The van der Waals surface area contributed by atoms with Crippen LogP contribution in [-0.4, -0.2) is 47.0 Å². The van der Waals surface area contributed by atoms with Crippen molar-refractivity contribution in [3.8, 4) is 0 Å². The molecule has 148 valence electrons. The Morgan fingerprint density at radius 3 is 2.36 bits per heavy atom. The van der Waals surface area contributed by atoms with E-state index in [0.29, 0.717) is 5.69 Å². The molecule has 1 amide bonds. The summed E-state index contributed by atoms with van der Waals surface area (Å²) in [4.78, 5) is 25.9. The second kappa shape index (κ2) is 9.18. The van der Waals surface area contributed by atoms with Gasteiger partial charge in [0.15, 0.2) is 0 Å². The smallest absolute Gasteiger partial charge is 0.272 e. The number of carbonyl (C=O) groups is 1. The van der Waals surface area contributed by atoms with Crippen LogP contribution >= 0.6 is 0 Å². The van der Waals surface area contributed by atoms with Gasteiger partial charge in [0.25, 0.3) is 5.91 Å². The molecule has 0 bridgehead atoms. The number of amides is 1. The highest BCUT2D eigenvalue weighted by Crippen LogP contribution is 2.25. The number of piperidine rings is 1. The molecular formula is C23H30N4O. The summed E-state index contributed by atoms with van der Waals surface area (Å²) in [6.45, 7) is 3.68. The van der Waals surface area contributed by atoms with Gasteiger partial charge in [-0.1, -0.05) is 43.2 Å². The van der Waals surface area contributed by atoms with Crippen LogP contribution in [0.4, 0.5) is 5.82 Å². The Labute approximate surface area is 167 Å². The minimum absolute atomic E-state index is 0.0597. The van der Waals surface area contributed by atoms with E-state index in [1.54, 1.807) is 6.33 Å². The van der Waals surface area contributed by atoms with Gasteiger partial charge in [-0.05, 0) is 43.6 Å². The number of likely N-dealkylation sites (tertiary alicyclic amines) is 1. The van der Waals surface area contributed by atoms with Crippen LogP contribution in [0, 0.1) is 5.92 Å². The lowest BCUT2D eigenvalue weighted by molar-refractivity contribution is 0.0755. The number of hydrogen-bond acceptors (Lipinski definition) is 4. The van der Waals surface area contributed by atoms with E-state index < -0.39 is 0 Å². The summed E-state index contributed by atoms with van der Waals surface area (Å²) in [6.07, 6.45) is 9.65. The van der Waals surface area contributed by atoms with Crippen LogP contribution in [0.2, 0.25) is 0 Å². The number of nitrogens with zero attached hydrogens (tertiary/aromatic N) is 4. The van der Waals surface area contributed by atoms with Crippen LogP contribution < -0.4 is 4.90 Å². The first-order chi connectivity index (χ1) is 13.8. The van der Waals surface area contributed by atoms with Crippen molar-refractivity contribution in [3.63, 3.8) is 0 Å². The lowest BCUT2D eigenvalue weighted by atomic mass is 9.90. The Kier molecular flexibility index (Phi) is 6.20. The topological polar surface area (TPSA) is 49.3 Å². The zero-order valence-electron chi connectivity index (χ0n) is 16.6. The van der Waals surface area contributed by atoms with Crippen molar-refractivity contribution in [1.82, 2.24) is 14.9 Å². The van der Waals surface area contributed by atoms with Crippen LogP contribution in [0.25, 0.3) is 0 Å². The average molecular weight is 379 g/mol. The highest BCUT2D eigenvalue weighted by molar-refractivity contribution is 5.93. The predicted octanol–water partition coefficient (Wildman–Crippen LogP) is 3.95. The Morgan fingerprint density at radius 2 is 1.64 bits per heavy atom. The third kappa shape index (κ3) is 4.70. The maximum atomic E-state index is 12.9. The molecule has 4 rings (SSSR count). The second-order valence-electron chi connectivity index (χ2n) is 8.09. The maximum Gasteiger partial charge on any atom is 0.272 e. The first-order valence-electron chi connectivity index (χ1n) is 10.7. The van der Waals surface area contributed by atoms with E-state index in [4.69, 9.17) is 0 Å². The Bertz CT molecular complexity index is 763. The van der Waals surface area contributed by atoms with Gasteiger partial charge in [0.2, 0.25) is 0 Å². The first-order valence-corrected chi connectivity index (χ1v) is 10.7. The van der Waals surface area contributed by atoms with E-state index >= 15 is 0 Å². The quantitative estimate of drug-likeness (QED) is 0.808.